The van der Waals surface area contributed by atoms with Crippen LogP contribution < -0.4 is 10.9 Å². The third-order valence-electron chi connectivity index (χ3n) is 3.83. The number of amides is 1. The molecule has 23 heavy (non-hydrogen) atoms. The number of pyridine rings is 1. The van der Waals surface area contributed by atoms with Gasteiger partial charge < -0.3 is 14.6 Å². The molecule has 1 aliphatic rings. The van der Waals surface area contributed by atoms with Crippen LogP contribution in [0.3, 0.4) is 0 Å². The van der Waals surface area contributed by atoms with Crippen LogP contribution >= 0.6 is 0 Å². The van der Waals surface area contributed by atoms with E-state index in [1.165, 1.54) is 41.3 Å². The van der Waals surface area contributed by atoms with Crippen LogP contribution in [0.5, 0.6) is 0 Å². The first-order valence-corrected chi connectivity index (χ1v) is 7.84. The molecule has 0 atom stereocenters. The van der Waals surface area contributed by atoms with Gasteiger partial charge in [0.25, 0.3) is 11.5 Å². The highest BCUT2D eigenvalue weighted by Gasteiger charge is 2.11. The number of ether oxygens (including phenoxy) is 1. The van der Waals surface area contributed by atoms with Crippen molar-refractivity contribution >= 4 is 11.9 Å². The molecule has 0 aliphatic heterocycles. The zero-order valence-corrected chi connectivity index (χ0v) is 13.3. The Balaban J connectivity index is 1.71. The monoisotopic (exact) mass is 318 g/mol. The highest BCUT2D eigenvalue weighted by molar-refractivity contribution is 5.91. The van der Waals surface area contributed by atoms with Gasteiger partial charge in [0.1, 0.15) is 0 Å². The molecule has 1 N–H and O–H groups in total. The van der Waals surface area contributed by atoms with Gasteiger partial charge in [-0.3, -0.25) is 9.59 Å². The summed E-state index contributed by atoms with van der Waals surface area (Å²) >= 11 is 0. The number of aromatic nitrogens is 1. The minimum absolute atomic E-state index is 0.147. The fraction of sp³-hybridized carbons (Fsp3) is 0.471. The first-order valence-electron chi connectivity index (χ1n) is 7.84. The Morgan fingerprint density at radius 2 is 2.17 bits per heavy atom. The minimum atomic E-state index is -0.673. The maximum atomic E-state index is 11.8. The number of hydrogen-bond donors (Lipinski definition) is 1. The van der Waals surface area contributed by atoms with Crippen molar-refractivity contribution in [2.75, 3.05) is 13.2 Å². The summed E-state index contributed by atoms with van der Waals surface area (Å²) in [5.41, 5.74) is 1.23. The van der Waals surface area contributed by atoms with Gasteiger partial charge in [0.2, 0.25) is 0 Å². The lowest BCUT2D eigenvalue weighted by Gasteiger charge is -2.13. The number of carbonyl (C=O) groups excluding carboxylic acids is 2. The summed E-state index contributed by atoms with van der Waals surface area (Å²) < 4.78 is 6.26. The summed E-state index contributed by atoms with van der Waals surface area (Å²) in [7, 11) is 1.59. The van der Waals surface area contributed by atoms with E-state index in [0.717, 1.165) is 19.3 Å². The van der Waals surface area contributed by atoms with E-state index in [1.807, 2.05) is 0 Å². The van der Waals surface area contributed by atoms with E-state index < -0.39 is 5.97 Å². The number of nitrogens with zero attached hydrogens (tertiary/aromatic N) is 1. The fourth-order valence-electron chi connectivity index (χ4n) is 2.44. The van der Waals surface area contributed by atoms with Crippen LogP contribution in [-0.2, 0) is 16.6 Å². The van der Waals surface area contributed by atoms with Crippen LogP contribution in [0.4, 0.5) is 0 Å². The summed E-state index contributed by atoms with van der Waals surface area (Å²) in [6, 6.07) is 2.67. The van der Waals surface area contributed by atoms with E-state index in [2.05, 4.69) is 11.4 Å². The largest absolute Gasteiger partial charge is 0.452 e. The second kappa shape index (κ2) is 8.31. The molecule has 0 aromatic carbocycles. The maximum absolute atomic E-state index is 11.8. The van der Waals surface area contributed by atoms with Crippen LogP contribution in [0.15, 0.2) is 34.8 Å². The Hall–Kier alpha value is -2.37. The summed E-state index contributed by atoms with van der Waals surface area (Å²) in [5.74, 6) is -1.01. The molecule has 124 valence electrons. The molecule has 0 saturated carbocycles. The van der Waals surface area contributed by atoms with E-state index >= 15 is 0 Å². The smallest absolute Gasteiger partial charge is 0.338 e. The number of carbonyl (C=O) groups is 2. The van der Waals surface area contributed by atoms with E-state index in [9.17, 15) is 14.4 Å². The number of nitrogens with one attached hydrogen (secondary N) is 1. The standard InChI is InChI=1S/C17H22N2O4/c1-19-10-8-14(11-16(19)21)17(22)23-12-15(20)18-9-7-13-5-3-2-4-6-13/h5,8,10-11H,2-4,6-7,9,12H2,1H3,(H,18,20). The van der Waals surface area contributed by atoms with Crippen molar-refractivity contribution in [3.8, 4) is 0 Å². The summed E-state index contributed by atoms with van der Waals surface area (Å²) in [4.78, 5) is 34.9. The van der Waals surface area contributed by atoms with Crippen molar-refractivity contribution in [3.63, 3.8) is 0 Å². The molecule has 1 amide bonds. The van der Waals surface area contributed by atoms with Crippen molar-refractivity contribution in [2.45, 2.75) is 32.1 Å². The van der Waals surface area contributed by atoms with Gasteiger partial charge in [-0.2, -0.15) is 0 Å². The number of hydrogen-bond acceptors (Lipinski definition) is 4. The fourth-order valence-corrected chi connectivity index (χ4v) is 2.44. The lowest BCUT2D eigenvalue weighted by Crippen LogP contribution is -2.30. The van der Waals surface area contributed by atoms with Crippen LogP contribution in [0.25, 0.3) is 0 Å². The van der Waals surface area contributed by atoms with Gasteiger partial charge in [0.05, 0.1) is 5.56 Å². The van der Waals surface area contributed by atoms with Crippen LogP contribution in [0, 0.1) is 0 Å². The first-order chi connectivity index (χ1) is 11.1. The lowest BCUT2D eigenvalue weighted by atomic mass is 9.97. The molecule has 1 aliphatic carbocycles. The Morgan fingerprint density at radius 1 is 1.35 bits per heavy atom. The summed E-state index contributed by atoms with van der Waals surface area (Å²) in [6.07, 6.45) is 9.25. The van der Waals surface area contributed by atoms with Crippen molar-refractivity contribution in [1.82, 2.24) is 9.88 Å². The molecule has 0 fully saturated rings. The molecule has 2 rings (SSSR count). The van der Waals surface area contributed by atoms with Crippen molar-refractivity contribution in [3.05, 3.63) is 45.9 Å². The van der Waals surface area contributed by atoms with Crippen molar-refractivity contribution in [2.24, 2.45) is 7.05 Å². The molecular weight excluding hydrogens is 296 g/mol. The van der Waals surface area contributed by atoms with E-state index in [1.54, 1.807) is 7.05 Å². The van der Waals surface area contributed by atoms with Gasteiger partial charge in [-0.1, -0.05) is 11.6 Å². The average Bonchev–Trinajstić information content (AvgIpc) is 2.56. The molecule has 0 bridgehead atoms. The van der Waals surface area contributed by atoms with Gasteiger partial charge >= 0.3 is 5.97 Å². The summed E-state index contributed by atoms with van der Waals surface area (Å²) in [6.45, 7) is 0.210. The van der Waals surface area contributed by atoms with Crippen LogP contribution in [0.2, 0.25) is 0 Å². The molecular formula is C17H22N2O4. The molecule has 0 unspecified atom stereocenters. The Labute approximate surface area is 135 Å². The molecule has 1 heterocycles. The molecule has 1 aromatic rings. The van der Waals surface area contributed by atoms with E-state index in [4.69, 9.17) is 4.74 Å². The number of rotatable bonds is 6. The second-order valence-corrected chi connectivity index (χ2v) is 5.65. The predicted molar refractivity (Wildman–Crippen MR) is 86.1 cm³/mol. The Bertz CT molecular complexity index is 661. The number of esters is 1. The molecule has 0 spiro atoms. The van der Waals surface area contributed by atoms with Gasteiger partial charge in [-0.05, 0) is 38.2 Å². The Morgan fingerprint density at radius 3 is 2.87 bits per heavy atom. The maximum Gasteiger partial charge on any atom is 0.338 e. The zero-order valence-electron chi connectivity index (χ0n) is 13.3. The molecule has 0 radical (unpaired) electrons. The van der Waals surface area contributed by atoms with E-state index in [0.29, 0.717) is 6.54 Å². The zero-order chi connectivity index (χ0) is 16.7. The molecule has 6 heteroatoms. The van der Waals surface area contributed by atoms with Crippen molar-refractivity contribution in [1.29, 1.82) is 0 Å². The third-order valence-corrected chi connectivity index (χ3v) is 3.83. The molecule has 1 aromatic heterocycles. The molecule has 6 nitrogen and oxygen atoms in total. The topological polar surface area (TPSA) is 77.4 Å². The van der Waals surface area contributed by atoms with E-state index in [-0.39, 0.29) is 23.6 Å². The van der Waals surface area contributed by atoms with Gasteiger partial charge in [0.15, 0.2) is 6.61 Å². The molecule has 0 saturated heterocycles. The predicted octanol–water partition coefficient (Wildman–Crippen LogP) is 1.55. The Kier molecular flexibility index (Phi) is 6.14. The highest BCUT2D eigenvalue weighted by atomic mass is 16.5. The third kappa shape index (κ3) is 5.39. The first kappa shape index (κ1) is 17.0. The van der Waals surface area contributed by atoms with Gasteiger partial charge in [0, 0.05) is 25.9 Å². The number of aryl methyl sites for hydroxylation is 1. The van der Waals surface area contributed by atoms with Gasteiger partial charge in [-0.15, -0.1) is 0 Å². The van der Waals surface area contributed by atoms with Gasteiger partial charge in [-0.25, -0.2) is 4.79 Å². The summed E-state index contributed by atoms with van der Waals surface area (Å²) in [5, 5.41) is 2.73. The average molecular weight is 318 g/mol. The number of allylic oxidation sites excluding steroid dienone is 1. The van der Waals surface area contributed by atoms with Crippen molar-refractivity contribution < 1.29 is 14.3 Å². The van der Waals surface area contributed by atoms with Crippen LogP contribution in [0.1, 0.15) is 42.5 Å². The minimum Gasteiger partial charge on any atom is -0.452 e. The normalized spacial score (nSPS) is 14.0. The van der Waals surface area contributed by atoms with Crippen LogP contribution in [-0.4, -0.2) is 29.6 Å². The lowest BCUT2D eigenvalue weighted by molar-refractivity contribution is -0.124. The highest BCUT2D eigenvalue weighted by Crippen LogP contribution is 2.19. The second-order valence-electron chi connectivity index (χ2n) is 5.65. The SMILES string of the molecule is Cn1ccc(C(=O)OCC(=O)NCCC2=CCCCC2)cc1=O. The quantitative estimate of drug-likeness (QED) is 0.638.